The summed E-state index contributed by atoms with van der Waals surface area (Å²) in [5, 5.41) is 10.7. The third-order valence-electron chi connectivity index (χ3n) is 4.37. The Morgan fingerprint density at radius 2 is 2.27 bits per heavy atom. The van der Waals surface area contributed by atoms with Crippen LogP contribution in [0.25, 0.3) is 0 Å². The number of rotatable bonds is 5. The molecule has 7 heteroatoms. The Morgan fingerprint density at radius 3 is 2.96 bits per heavy atom. The van der Waals surface area contributed by atoms with Crippen LogP contribution in [-0.4, -0.2) is 44.6 Å². The summed E-state index contributed by atoms with van der Waals surface area (Å²) in [6, 6.07) is 5.02. The Hall–Kier alpha value is -2.38. The number of methoxy groups -OCH3 is 1. The molecule has 0 amide bonds. The summed E-state index contributed by atoms with van der Waals surface area (Å²) < 4.78 is 10.3. The van der Waals surface area contributed by atoms with Crippen molar-refractivity contribution in [3.63, 3.8) is 0 Å². The van der Waals surface area contributed by atoms with Crippen LogP contribution < -0.4 is 9.64 Å². The van der Waals surface area contributed by atoms with Gasteiger partial charge in [-0.15, -0.1) is 11.3 Å². The van der Waals surface area contributed by atoms with E-state index in [0.29, 0.717) is 28.5 Å². The lowest BCUT2D eigenvalue weighted by Gasteiger charge is -2.19. The van der Waals surface area contributed by atoms with E-state index in [1.165, 1.54) is 27.2 Å². The molecule has 1 aromatic heterocycles. The van der Waals surface area contributed by atoms with Crippen LogP contribution in [0, 0.1) is 0 Å². The molecule has 2 heterocycles. The molecule has 138 valence electrons. The maximum Gasteiger partial charge on any atom is 0.341 e. The standard InChI is InChI=1S/C19H22N2O4S/c1-4-25-19(23)17-14-7-8-21(2)11-16(14)26-18(17)20-10-12-5-6-13(24-3)9-15(12)22/h5-6,9-10,22H,4,7-8,11H2,1-3H3/p+1/b20-10+. The first-order chi connectivity index (χ1) is 12.5. The van der Waals surface area contributed by atoms with Gasteiger partial charge >= 0.3 is 5.97 Å². The number of phenols is 1. The molecule has 1 aliphatic heterocycles. The number of esters is 1. The number of carbonyl (C=O) groups is 1. The molecule has 1 unspecified atom stereocenters. The molecule has 1 atom stereocenters. The Bertz CT molecular complexity index is 844. The summed E-state index contributed by atoms with van der Waals surface area (Å²) in [4.78, 5) is 19.6. The monoisotopic (exact) mass is 375 g/mol. The lowest BCUT2D eigenvalue weighted by molar-refractivity contribution is -0.895. The molecule has 26 heavy (non-hydrogen) atoms. The minimum Gasteiger partial charge on any atom is -0.507 e. The van der Waals surface area contributed by atoms with Crippen molar-refractivity contribution in [1.82, 2.24) is 0 Å². The molecule has 0 fully saturated rings. The van der Waals surface area contributed by atoms with E-state index in [-0.39, 0.29) is 11.7 Å². The smallest absolute Gasteiger partial charge is 0.341 e. The number of benzene rings is 1. The minimum absolute atomic E-state index is 0.0799. The summed E-state index contributed by atoms with van der Waals surface area (Å²) in [6.45, 7) is 4.00. The molecule has 2 N–H and O–H groups in total. The quantitative estimate of drug-likeness (QED) is 0.619. The van der Waals surface area contributed by atoms with Crippen LogP contribution in [0.5, 0.6) is 11.5 Å². The van der Waals surface area contributed by atoms with Crippen molar-refractivity contribution in [3.05, 3.63) is 39.8 Å². The van der Waals surface area contributed by atoms with Gasteiger partial charge in [-0.25, -0.2) is 9.79 Å². The van der Waals surface area contributed by atoms with Crippen molar-refractivity contribution >= 4 is 28.5 Å². The summed E-state index contributed by atoms with van der Waals surface area (Å²) in [6.07, 6.45) is 2.42. The van der Waals surface area contributed by atoms with Crippen molar-refractivity contribution < 1.29 is 24.3 Å². The second-order valence-corrected chi connectivity index (χ2v) is 7.30. The van der Waals surface area contributed by atoms with Gasteiger partial charge in [-0.2, -0.15) is 0 Å². The zero-order chi connectivity index (χ0) is 18.7. The lowest BCUT2D eigenvalue weighted by atomic mass is 10.0. The second kappa shape index (κ2) is 7.88. The van der Waals surface area contributed by atoms with Crippen LogP contribution in [0.1, 0.15) is 33.3 Å². The van der Waals surface area contributed by atoms with E-state index in [9.17, 15) is 9.90 Å². The number of ether oxygens (including phenoxy) is 2. The largest absolute Gasteiger partial charge is 0.507 e. The van der Waals surface area contributed by atoms with E-state index in [2.05, 4.69) is 12.0 Å². The number of hydrogen-bond donors (Lipinski definition) is 2. The molecule has 3 rings (SSSR count). The van der Waals surface area contributed by atoms with E-state index in [1.807, 2.05) is 0 Å². The van der Waals surface area contributed by atoms with E-state index in [1.54, 1.807) is 32.4 Å². The Labute approximate surface area is 156 Å². The zero-order valence-corrected chi connectivity index (χ0v) is 16.0. The van der Waals surface area contributed by atoms with E-state index < -0.39 is 0 Å². The van der Waals surface area contributed by atoms with Crippen molar-refractivity contribution in [2.24, 2.45) is 4.99 Å². The topological polar surface area (TPSA) is 72.6 Å². The number of aliphatic imine (C=N–C) groups is 1. The summed E-state index contributed by atoms with van der Waals surface area (Å²) in [5.41, 5.74) is 2.20. The van der Waals surface area contributed by atoms with Crippen LogP contribution >= 0.6 is 11.3 Å². The maximum absolute atomic E-state index is 12.5. The predicted molar refractivity (Wildman–Crippen MR) is 101 cm³/mol. The van der Waals surface area contributed by atoms with Gasteiger partial charge in [0.25, 0.3) is 0 Å². The van der Waals surface area contributed by atoms with E-state index >= 15 is 0 Å². The van der Waals surface area contributed by atoms with Gasteiger partial charge in [0.2, 0.25) is 0 Å². The van der Waals surface area contributed by atoms with Gasteiger partial charge in [-0.1, -0.05) is 0 Å². The number of carbonyl (C=O) groups excluding carboxylic acids is 1. The highest BCUT2D eigenvalue weighted by Crippen LogP contribution is 2.37. The first kappa shape index (κ1) is 18.4. The molecule has 0 spiro atoms. The van der Waals surface area contributed by atoms with Crippen molar-refractivity contribution in [2.75, 3.05) is 27.3 Å². The number of fused-ring (bicyclic) bond motifs is 1. The highest BCUT2D eigenvalue weighted by molar-refractivity contribution is 7.16. The number of aromatic hydroxyl groups is 1. The zero-order valence-electron chi connectivity index (χ0n) is 15.2. The molecular weight excluding hydrogens is 352 g/mol. The molecule has 2 aromatic rings. The highest BCUT2D eigenvalue weighted by atomic mass is 32.1. The molecule has 6 nitrogen and oxygen atoms in total. The maximum atomic E-state index is 12.5. The van der Waals surface area contributed by atoms with E-state index in [4.69, 9.17) is 9.47 Å². The van der Waals surface area contributed by atoms with Crippen molar-refractivity contribution in [3.8, 4) is 11.5 Å². The van der Waals surface area contributed by atoms with Gasteiger partial charge < -0.3 is 19.5 Å². The predicted octanol–water partition coefficient (Wildman–Crippen LogP) is 1.96. The highest BCUT2D eigenvalue weighted by Gasteiger charge is 2.29. The average Bonchev–Trinajstić information content (AvgIpc) is 2.98. The first-order valence-corrected chi connectivity index (χ1v) is 9.39. The third-order valence-corrected chi connectivity index (χ3v) is 5.51. The molecule has 0 aliphatic carbocycles. The van der Waals surface area contributed by atoms with Crippen LogP contribution in [0.4, 0.5) is 5.00 Å². The number of nitrogens with zero attached hydrogens (tertiary/aromatic N) is 1. The van der Waals surface area contributed by atoms with Crippen LogP contribution in [0.15, 0.2) is 23.2 Å². The van der Waals surface area contributed by atoms with Gasteiger partial charge in [0.1, 0.15) is 28.6 Å². The number of thiophene rings is 1. The van der Waals surface area contributed by atoms with Crippen molar-refractivity contribution in [2.45, 2.75) is 19.9 Å². The average molecular weight is 375 g/mol. The number of likely N-dealkylation sites (N-methyl/N-ethyl adjacent to an activating group) is 1. The molecule has 0 bridgehead atoms. The fraction of sp³-hybridized carbons (Fsp3) is 0.368. The van der Waals surface area contributed by atoms with Gasteiger partial charge in [0.15, 0.2) is 0 Å². The molecule has 0 radical (unpaired) electrons. The number of nitrogens with one attached hydrogen (secondary N) is 1. The Morgan fingerprint density at radius 1 is 1.46 bits per heavy atom. The van der Waals surface area contributed by atoms with Gasteiger partial charge in [0.05, 0.1) is 32.2 Å². The molecule has 0 saturated heterocycles. The third kappa shape index (κ3) is 3.73. The molecular formula is C19H23N2O4S+. The second-order valence-electron chi connectivity index (χ2n) is 6.22. The van der Waals surface area contributed by atoms with Crippen molar-refractivity contribution in [1.29, 1.82) is 0 Å². The van der Waals surface area contributed by atoms with Crippen LogP contribution in [0.2, 0.25) is 0 Å². The minimum atomic E-state index is -0.323. The summed E-state index contributed by atoms with van der Waals surface area (Å²) >= 11 is 1.53. The van der Waals surface area contributed by atoms with E-state index in [0.717, 1.165) is 25.1 Å². The Balaban J connectivity index is 1.97. The molecule has 1 aromatic carbocycles. The molecule has 0 saturated carbocycles. The normalized spacial score (nSPS) is 16.5. The first-order valence-electron chi connectivity index (χ1n) is 8.57. The number of quaternary nitrogens is 1. The SMILES string of the molecule is CCOC(=O)c1c(/N=C/c2ccc(OC)cc2O)sc2c1CC[NH+](C)C2. The number of phenolic OH excluding ortho intramolecular Hbond substituents is 1. The summed E-state index contributed by atoms with van der Waals surface area (Å²) in [7, 11) is 3.69. The van der Waals surface area contributed by atoms with Gasteiger partial charge in [0, 0.05) is 24.3 Å². The van der Waals surface area contributed by atoms with Gasteiger partial charge in [-0.05, 0) is 24.6 Å². The van der Waals surface area contributed by atoms with Crippen LogP contribution in [0.3, 0.4) is 0 Å². The lowest BCUT2D eigenvalue weighted by Crippen LogP contribution is -3.08. The Kier molecular flexibility index (Phi) is 5.58. The summed E-state index contributed by atoms with van der Waals surface area (Å²) in [5.74, 6) is 0.330. The number of hydrogen-bond acceptors (Lipinski definition) is 6. The molecule has 1 aliphatic rings. The fourth-order valence-electron chi connectivity index (χ4n) is 3.00. The van der Waals surface area contributed by atoms with Gasteiger partial charge in [-0.3, -0.25) is 0 Å². The fourth-order valence-corrected chi connectivity index (χ4v) is 4.29. The van der Waals surface area contributed by atoms with Crippen LogP contribution in [-0.2, 0) is 17.7 Å².